The lowest BCUT2D eigenvalue weighted by atomic mass is 10.1. The molecule has 0 saturated heterocycles. The molecule has 0 unspecified atom stereocenters. The molecule has 2 aromatic heterocycles. The van der Waals surface area contributed by atoms with Crippen LogP contribution in [0.5, 0.6) is 0 Å². The Bertz CT molecular complexity index is 1000. The number of carbonyl (C=O) groups excluding carboxylic acids is 1. The highest BCUT2D eigenvalue weighted by molar-refractivity contribution is 5.92. The molecule has 1 aromatic carbocycles. The summed E-state index contributed by atoms with van der Waals surface area (Å²) in [4.78, 5) is 22.5. The first-order chi connectivity index (χ1) is 13.2. The zero-order valence-electron chi connectivity index (χ0n) is 15.3. The van der Waals surface area contributed by atoms with E-state index in [9.17, 15) is 4.79 Å². The Morgan fingerprint density at radius 1 is 1.19 bits per heavy atom. The fraction of sp³-hybridized carbons (Fsp3) is 0.381. The Balaban J connectivity index is 1.43. The topological polar surface area (TPSA) is 71.3 Å². The molecule has 2 saturated carbocycles. The average Bonchev–Trinajstić information content (AvgIpc) is 3.60. The molecule has 6 nitrogen and oxygen atoms in total. The second-order valence-electron chi connectivity index (χ2n) is 7.52. The fourth-order valence-electron chi connectivity index (χ4n) is 3.42. The molecule has 0 aliphatic heterocycles. The second-order valence-corrected chi connectivity index (χ2v) is 7.52. The van der Waals surface area contributed by atoms with Gasteiger partial charge in [-0.15, -0.1) is 0 Å². The summed E-state index contributed by atoms with van der Waals surface area (Å²) in [5.74, 6) is 2.60. The molecule has 0 radical (unpaired) electrons. The number of hydrogen-bond acceptors (Lipinski definition) is 5. The van der Waals surface area contributed by atoms with Crippen LogP contribution in [0, 0.1) is 0 Å². The SMILES string of the molecule is CC(=O)N(Cc1ccc(-c2ccc3ncnc(NC4CC4)c3c2)o1)C1CC1. The van der Waals surface area contributed by atoms with Crippen molar-refractivity contribution in [1.29, 1.82) is 0 Å². The summed E-state index contributed by atoms with van der Waals surface area (Å²) in [5, 5.41) is 4.48. The number of carbonyl (C=O) groups is 1. The van der Waals surface area contributed by atoms with Crippen molar-refractivity contribution in [2.75, 3.05) is 5.32 Å². The van der Waals surface area contributed by atoms with Crippen molar-refractivity contribution < 1.29 is 9.21 Å². The summed E-state index contributed by atoms with van der Waals surface area (Å²) in [6.45, 7) is 2.16. The first kappa shape index (κ1) is 16.3. The van der Waals surface area contributed by atoms with Gasteiger partial charge >= 0.3 is 0 Å². The van der Waals surface area contributed by atoms with Crippen molar-refractivity contribution in [2.24, 2.45) is 0 Å². The van der Waals surface area contributed by atoms with Crippen LogP contribution in [0.3, 0.4) is 0 Å². The van der Waals surface area contributed by atoms with Crippen molar-refractivity contribution in [3.63, 3.8) is 0 Å². The lowest BCUT2D eigenvalue weighted by Crippen LogP contribution is -2.30. The van der Waals surface area contributed by atoms with Crippen LogP contribution < -0.4 is 5.32 Å². The minimum absolute atomic E-state index is 0.106. The van der Waals surface area contributed by atoms with Gasteiger partial charge in [-0.2, -0.15) is 0 Å². The number of anilines is 1. The normalized spacial score (nSPS) is 16.5. The van der Waals surface area contributed by atoms with Gasteiger partial charge in [-0.3, -0.25) is 4.79 Å². The smallest absolute Gasteiger partial charge is 0.220 e. The largest absolute Gasteiger partial charge is 0.459 e. The molecule has 1 N–H and O–H groups in total. The molecule has 2 fully saturated rings. The molecule has 2 aliphatic carbocycles. The first-order valence-corrected chi connectivity index (χ1v) is 9.55. The van der Waals surface area contributed by atoms with Gasteiger partial charge in [0.15, 0.2) is 0 Å². The van der Waals surface area contributed by atoms with Gasteiger partial charge in [-0.05, 0) is 56.0 Å². The van der Waals surface area contributed by atoms with Crippen LogP contribution >= 0.6 is 0 Å². The van der Waals surface area contributed by atoms with Gasteiger partial charge in [0.05, 0.1) is 12.1 Å². The lowest BCUT2D eigenvalue weighted by Gasteiger charge is -2.18. The van der Waals surface area contributed by atoms with Crippen molar-refractivity contribution >= 4 is 22.6 Å². The van der Waals surface area contributed by atoms with Crippen molar-refractivity contribution in [3.05, 3.63) is 42.4 Å². The van der Waals surface area contributed by atoms with Crippen molar-refractivity contribution in [2.45, 2.75) is 51.2 Å². The van der Waals surface area contributed by atoms with Gasteiger partial charge in [-0.1, -0.05) is 0 Å². The molecule has 2 heterocycles. The molecule has 3 aromatic rings. The maximum atomic E-state index is 11.8. The number of nitrogens with zero attached hydrogens (tertiary/aromatic N) is 3. The quantitative estimate of drug-likeness (QED) is 0.718. The number of hydrogen-bond donors (Lipinski definition) is 1. The highest BCUT2D eigenvalue weighted by Crippen LogP contribution is 2.32. The summed E-state index contributed by atoms with van der Waals surface area (Å²) in [6, 6.07) is 10.9. The van der Waals surface area contributed by atoms with E-state index in [-0.39, 0.29) is 5.91 Å². The van der Waals surface area contributed by atoms with Gasteiger partial charge in [-0.25, -0.2) is 9.97 Å². The Morgan fingerprint density at radius 2 is 2.04 bits per heavy atom. The molecular formula is C21H22N4O2. The minimum Gasteiger partial charge on any atom is -0.459 e. The van der Waals surface area contributed by atoms with Crippen LogP contribution in [0.1, 0.15) is 38.4 Å². The monoisotopic (exact) mass is 362 g/mol. The van der Waals surface area contributed by atoms with E-state index in [0.29, 0.717) is 18.6 Å². The number of benzene rings is 1. The van der Waals surface area contributed by atoms with E-state index in [0.717, 1.165) is 46.6 Å². The number of nitrogens with one attached hydrogen (secondary N) is 1. The minimum atomic E-state index is 0.106. The molecule has 0 atom stereocenters. The number of rotatable bonds is 6. The highest BCUT2D eigenvalue weighted by Gasteiger charge is 2.31. The zero-order valence-corrected chi connectivity index (χ0v) is 15.3. The van der Waals surface area contributed by atoms with Gasteiger partial charge in [0.1, 0.15) is 23.7 Å². The number of fused-ring (bicyclic) bond motifs is 1. The average molecular weight is 362 g/mol. The molecule has 6 heteroatoms. The standard InChI is InChI=1S/C21H22N4O2/c1-13(26)25(16-5-6-16)11-17-7-9-20(27-17)14-2-8-19-18(10-14)21(23-12-22-19)24-15-3-4-15/h2,7-10,12,15-16H,3-6,11H2,1H3,(H,22,23,24). The summed E-state index contributed by atoms with van der Waals surface area (Å²) in [7, 11) is 0. The third kappa shape index (κ3) is 3.39. The van der Waals surface area contributed by atoms with Gasteiger partial charge in [0.2, 0.25) is 5.91 Å². The second kappa shape index (κ2) is 6.37. The summed E-state index contributed by atoms with van der Waals surface area (Å²) >= 11 is 0. The summed E-state index contributed by atoms with van der Waals surface area (Å²) in [5.41, 5.74) is 1.91. The summed E-state index contributed by atoms with van der Waals surface area (Å²) < 4.78 is 6.06. The third-order valence-electron chi connectivity index (χ3n) is 5.22. The maximum absolute atomic E-state index is 11.8. The number of aromatic nitrogens is 2. The predicted octanol–water partition coefficient (Wildman–Crippen LogP) is 3.98. The van der Waals surface area contributed by atoms with E-state index in [4.69, 9.17) is 4.42 Å². The Kier molecular flexibility index (Phi) is 3.85. The lowest BCUT2D eigenvalue weighted by molar-refractivity contribution is -0.130. The molecule has 27 heavy (non-hydrogen) atoms. The van der Waals surface area contributed by atoms with E-state index in [1.54, 1.807) is 13.3 Å². The molecular weight excluding hydrogens is 340 g/mol. The van der Waals surface area contributed by atoms with E-state index >= 15 is 0 Å². The molecule has 1 amide bonds. The molecule has 0 spiro atoms. The van der Waals surface area contributed by atoms with Crippen LogP contribution in [0.2, 0.25) is 0 Å². The molecule has 138 valence electrons. The predicted molar refractivity (Wildman–Crippen MR) is 103 cm³/mol. The number of amides is 1. The third-order valence-corrected chi connectivity index (χ3v) is 5.22. The number of furan rings is 1. The van der Waals surface area contributed by atoms with Gasteiger partial charge in [0, 0.05) is 30.0 Å². The Hall–Kier alpha value is -2.89. The van der Waals surface area contributed by atoms with Crippen LogP contribution in [-0.2, 0) is 11.3 Å². The van der Waals surface area contributed by atoms with E-state index < -0.39 is 0 Å². The highest BCUT2D eigenvalue weighted by atomic mass is 16.3. The Labute approximate surface area is 157 Å². The van der Waals surface area contributed by atoms with Crippen LogP contribution in [0.25, 0.3) is 22.2 Å². The fourth-order valence-corrected chi connectivity index (χ4v) is 3.42. The van der Waals surface area contributed by atoms with E-state index in [1.165, 1.54) is 12.8 Å². The van der Waals surface area contributed by atoms with Crippen molar-refractivity contribution in [1.82, 2.24) is 14.9 Å². The maximum Gasteiger partial charge on any atom is 0.220 e. The first-order valence-electron chi connectivity index (χ1n) is 9.55. The Morgan fingerprint density at radius 3 is 2.78 bits per heavy atom. The molecule has 0 bridgehead atoms. The zero-order chi connectivity index (χ0) is 18.4. The van der Waals surface area contributed by atoms with Gasteiger partial charge in [0.25, 0.3) is 0 Å². The molecule has 2 aliphatic rings. The van der Waals surface area contributed by atoms with Gasteiger partial charge < -0.3 is 14.6 Å². The van der Waals surface area contributed by atoms with Crippen LogP contribution in [0.4, 0.5) is 5.82 Å². The van der Waals surface area contributed by atoms with Crippen LogP contribution in [-0.4, -0.2) is 32.9 Å². The van der Waals surface area contributed by atoms with Crippen molar-refractivity contribution in [3.8, 4) is 11.3 Å². The van der Waals surface area contributed by atoms with E-state index in [1.807, 2.05) is 29.2 Å². The van der Waals surface area contributed by atoms with E-state index in [2.05, 4.69) is 21.4 Å². The van der Waals surface area contributed by atoms with Crippen LogP contribution in [0.15, 0.2) is 41.1 Å². The molecule has 5 rings (SSSR count). The summed E-state index contributed by atoms with van der Waals surface area (Å²) in [6.07, 6.45) is 6.18.